The van der Waals surface area contributed by atoms with Crippen LogP contribution in [-0.4, -0.2) is 37.9 Å². The number of nitrogens with zero attached hydrogens (tertiary/aromatic N) is 1. The summed E-state index contributed by atoms with van der Waals surface area (Å²) >= 11 is 8.87. The molecule has 0 saturated carbocycles. The quantitative estimate of drug-likeness (QED) is 0.575. The summed E-state index contributed by atoms with van der Waals surface area (Å²) in [6.07, 6.45) is 0.922. The molecule has 2 aromatic carbocycles. The van der Waals surface area contributed by atoms with Crippen LogP contribution in [0.15, 0.2) is 46.9 Å². The van der Waals surface area contributed by atoms with E-state index in [0.29, 0.717) is 34.1 Å². The smallest absolute Gasteiger partial charge is 0.257 e. The Morgan fingerprint density at radius 1 is 1.27 bits per heavy atom. The van der Waals surface area contributed by atoms with Gasteiger partial charge < -0.3 is 14.4 Å². The number of anilines is 1. The molecule has 1 N–H and O–H groups in total. The molecule has 26 heavy (non-hydrogen) atoms. The normalized spacial score (nSPS) is 12.6. The monoisotopic (exact) mass is 434 g/mol. The van der Waals surface area contributed by atoms with E-state index < -0.39 is 0 Å². The highest BCUT2D eigenvalue weighted by Crippen LogP contribution is 2.28. The van der Waals surface area contributed by atoms with Crippen molar-refractivity contribution in [2.45, 2.75) is 6.42 Å². The molecule has 1 heterocycles. The second-order valence-electron chi connectivity index (χ2n) is 5.78. The molecule has 136 valence electrons. The Hall–Kier alpha value is -1.96. The molecule has 0 saturated heterocycles. The minimum atomic E-state index is -0.247. The number of halogens is 1. The van der Waals surface area contributed by atoms with Crippen LogP contribution >= 0.6 is 28.1 Å². The van der Waals surface area contributed by atoms with E-state index in [1.807, 2.05) is 23.1 Å². The fraction of sp³-hybridized carbons (Fsp3) is 0.263. The van der Waals surface area contributed by atoms with Gasteiger partial charge in [0.25, 0.3) is 5.91 Å². The third-order valence-electron chi connectivity index (χ3n) is 4.09. The van der Waals surface area contributed by atoms with E-state index in [2.05, 4.69) is 27.3 Å². The molecule has 7 heteroatoms. The molecule has 1 aliphatic rings. The van der Waals surface area contributed by atoms with E-state index in [9.17, 15) is 4.79 Å². The van der Waals surface area contributed by atoms with Crippen molar-refractivity contribution < 1.29 is 14.3 Å². The van der Waals surface area contributed by atoms with Gasteiger partial charge in [0.1, 0.15) is 12.4 Å². The van der Waals surface area contributed by atoms with Gasteiger partial charge in [-0.15, -0.1) is 0 Å². The predicted octanol–water partition coefficient (Wildman–Crippen LogP) is 3.55. The third kappa shape index (κ3) is 4.23. The van der Waals surface area contributed by atoms with Gasteiger partial charge in [0.15, 0.2) is 5.11 Å². The summed E-state index contributed by atoms with van der Waals surface area (Å²) in [6, 6.07) is 13.3. The molecule has 5 nitrogen and oxygen atoms in total. The number of methoxy groups -OCH3 is 1. The van der Waals surface area contributed by atoms with Crippen molar-refractivity contribution in [3.05, 3.63) is 58.1 Å². The summed E-state index contributed by atoms with van der Waals surface area (Å²) in [5.41, 5.74) is 2.80. The van der Waals surface area contributed by atoms with Gasteiger partial charge in [-0.3, -0.25) is 10.1 Å². The van der Waals surface area contributed by atoms with Gasteiger partial charge in [0, 0.05) is 24.9 Å². The van der Waals surface area contributed by atoms with E-state index in [4.69, 9.17) is 21.7 Å². The number of carbonyl (C=O) groups excluding carboxylic acids is 1. The maximum atomic E-state index is 12.5. The van der Waals surface area contributed by atoms with Crippen LogP contribution in [0.2, 0.25) is 0 Å². The highest BCUT2D eigenvalue weighted by atomic mass is 79.9. The van der Waals surface area contributed by atoms with Crippen molar-refractivity contribution in [3.8, 4) is 5.75 Å². The lowest BCUT2D eigenvalue weighted by atomic mass is 10.2. The summed E-state index contributed by atoms with van der Waals surface area (Å²) in [5, 5.41) is 3.23. The van der Waals surface area contributed by atoms with Crippen molar-refractivity contribution in [1.82, 2.24) is 5.32 Å². The molecule has 0 unspecified atom stereocenters. The Bertz CT molecular complexity index is 828. The zero-order chi connectivity index (χ0) is 18.5. The number of rotatable bonds is 5. The summed E-state index contributed by atoms with van der Waals surface area (Å²) < 4.78 is 11.2. The fourth-order valence-electron chi connectivity index (χ4n) is 2.78. The van der Waals surface area contributed by atoms with Gasteiger partial charge in [-0.25, -0.2) is 0 Å². The van der Waals surface area contributed by atoms with Crippen molar-refractivity contribution in [2.75, 3.05) is 31.8 Å². The van der Waals surface area contributed by atoms with E-state index in [1.54, 1.807) is 25.3 Å². The first-order chi connectivity index (χ1) is 12.6. The number of benzene rings is 2. The molecule has 0 atom stereocenters. The molecule has 0 fully saturated rings. The Labute approximate surface area is 166 Å². The van der Waals surface area contributed by atoms with Crippen molar-refractivity contribution in [1.29, 1.82) is 0 Å². The number of ether oxygens (including phenoxy) is 2. The van der Waals surface area contributed by atoms with Crippen molar-refractivity contribution >= 4 is 44.9 Å². The summed E-state index contributed by atoms with van der Waals surface area (Å²) in [4.78, 5) is 14.5. The lowest BCUT2D eigenvalue weighted by molar-refractivity contribution is 0.0977. The molecule has 1 aliphatic heterocycles. The van der Waals surface area contributed by atoms with Gasteiger partial charge in [-0.1, -0.05) is 18.2 Å². The number of carbonyl (C=O) groups is 1. The topological polar surface area (TPSA) is 50.8 Å². The van der Waals surface area contributed by atoms with Crippen LogP contribution < -0.4 is 15.0 Å². The first-order valence-corrected chi connectivity index (χ1v) is 9.42. The second kappa shape index (κ2) is 8.62. The maximum Gasteiger partial charge on any atom is 0.257 e. The lowest BCUT2D eigenvalue weighted by Crippen LogP contribution is -2.41. The zero-order valence-corrected chi connectivity index (χ0v) is 16.7. The van der Waals surface area contributed by atoms with Gasteiger partial charge in [-0.05, 0) is 64.4 Å². The number of amides is 1. The van der Waals surface area contributed by atoms with Crippen LogP contribution in [0.4, 0.5) is 5.69 Å². The van der Waals surface area contributed by atoms with Gasteiger partial charge in [-0.2, -0.15) is 0 Å². The SMILES string of the molecule is COCCOc1ccc(C(=O)NC(=S)N2CCc3ccccc32)cc1Br. The molecule has 3 rings (SSSR count). The summed E-state index contributed by atoms with van der Waals surface area (Å²) in [6.45, 7) is 1.72. The number of hydrogen-bond donors (Lipinski definition) is 1. The van der Waals surface area contributed by atoms with Gasteiger partial charge in [0.05, 0.1) is 11.1 Å². The van der Waals surface area contributed by atoms with Crippen LogP contribution in [0.5, 0.6) is 5.75 Å². The van der Waals surface area contributed by atoms with E-state index in [1.165, 1.54) is 5.56 Å². The Kier molecular flexibility index (Phi) is 6.24. The van der Waals surface area contributed by atoms with Crippen LogP contribution in [0.1, 0.15) is 15.9 Å². The molecular formula is C19H19BrN2O3S. The Balaban J connectivity index is 1.65. The summed E-state index contributed by atoms with van der Waals surface area (Å²) in [7, 11) is 1.62. The fourth-order valence-corrected chi connectivity index (χ4v) is 3.56. The second-order valence-corrected chi connectivity index (χ2v) is 7.02. The van der Waals surface area contributed by atoms with Crippen molar-refractivity contribution in [3.63, 3.8) is 0 Å². The van der Waals surface area contributed by atoms with Crippen molar-refractivity contribution in [2.24, 2.45) is 0 Å². The Morgan fingerprint density at radius 2 is 2.08 bits per heavy atom. The molecule has 0 spiro atoms. The number of fused-ring (bicyclic) bond motifs is 1. The molecule has 0 bridgehead atoms. The lowest BCUT2D eigenvalue weighted by Gasteiger charge is -2.20. The average molecular weight is 435 g/mol. The first-order valence-electron chi connectivity index (χ1n) is 8.22. The largest absolute Gasteiger partial charge is 0.490 e. The van der Waals surface area contributed by atoms with Gasteiger partial charge >= 0.3 is 0 Å². The number of hydrogen-bond acceptors (Lipinski definition) is 4. The Morgan fingerprint density at radius 3 is 2.85 bits per heavy atom. The van der Waals surface area contributed by atoms with E-state index >= 15 is 0 Å². The van der Waals surface area contributed by atoms with E-state index in [0.717, 1.165) is 18.7 Å². The van der Waals surface area contributed by atoms with E-state index in [-0.39, 0.29) is 5.91 Å². The minimum absolute atomic E-state index is 0.247. The van der Waals surface area contributed by atoms with Crippen LogP contribution in [0, 0.1) is 0 Å². The van der Waals surface area contributed by atoms with Crippen LogP contribution in [-0.2, 0) is 11.2 Å². The highest BCUT2D eigenvalue weighted by Gasteiger charge is 2.23. The van der Waals surface area contributed by atoms with Crippen LogP contribution in [0.25, 0.3) is 0 Å². The molecule has 0 aromatic heterocycles. The molecule has 0 aliphatic carbocycles. The third-order valence-corrected chi connectivity index (χ3v) is 5.03. The minimum Gasteiger partial charge on any atom is -0.490 e. The zero-order valence-electron chi connectivity index (χ0n) is 14.3. The summed E-state index contributed by atoms with van der Waals surface area (Å²) in [5.74, 6) is 0.415. The van der Waals surface area contributed by atoms with Crippen LogP contribution in [0.3, 0.4) is 0 Å². The first kappa shape index (κ1) is 18.8. The molecule has 0 radical (unpaired) electrons. The standard InChI is InChI=1S/C19H19BrN2O3S/c1-24-10-11-25-17-7-6-14(12-15(17)20)18(23)21-19(26)22-9-8-13-4-2-3-5-16(13)22/h2-7,12H,8-11H2,1H3,(H,21,23,26). The molecule has 1 amide bonds. The maximum absolute atomic E-state index is 12.5. The average Bonchev–Trinajstić information content (AvgIpc) is 3.07. The number of thiocarbonyl (C=S) groups is 1. The highest BCUT2D eigenvalue weighted by molar-refractivity contribution is 9.10. The molecular weight excluding hydrogens is 416 g/mol. The number of nitrogens with one attached hydrogen (secondary N) is 1. The van der Waals surface area contributed by atoms with Gasteiger partial charge in [0.2, 0.25) is 0 Å². The molecule has 2 aromatic rings. The number of para-hydroxylation sites is 1. The predicted molar refractivity (Wildman–Crippen MR) is 109 cm³/mol.